The number of unbranched alkanes of at least 4 members (excludes halogenated alkanes) is 5. The highest BCUT2D eigenvalue weighted by Gasteiger charge is 2.44. The van der Waals surface area contributed by atoms with Crippen LogP contribution in [0.2, 0.25) is 0 Å². The lowest BCUT2D eigenvalue weighted by Gasteiger charge is -2.43. The average molecular weight is 429 g/mol. The Labute approximate surface area is 185 Å². The fourth-order valence-corrected chi connectivity index (χ4v) is 3.59. The van der Waals surface area contributed by atoms with Crippen LogP contribution in [0.1, 0.15) is 106 Å². The van der Waals surface area contributed by atoms with Crippen LogP contribution in [0.15, 0.2) is 12.7 Å². The molecule has 0 aliphatic rings. The third-order valence-electron chi connectivity index (χ3n) is 4.71. The van der Waals surface area contributed by atoms with Crippen molar-refractivity contribution in [1.82, 2.24) is 0 Å². The zero-order chi connectivity index (χ0) is 23.0. The molecule has 0 N–H and O–H groups in total. The van der Waals surface area contributed by atoms with Gasteiger partial charge >= 0.3 is 5.97 Å². The molecule has 0 rings (SSSR count). The Bertz CT molecular complexity index is 418. The van der Waals surface area contributed by atoms with Gasteiger partial charge in [-0.2, -0.15) is 0 Å². The van der Waals surface area contributed by atoms with Crippen molar-refractivity contribution >= 4 is 5.97 Å². The molecule has 0 aromatic carbocycles. The molecule has 0 saturated heterocycles. The molecule has 5 heteroatoms. The average Bonchev–Trinajstić information content (AvgIpc) is 2.63. The lowest BCUT2D eigenvalue weighted by Crippen LogP contribution is -2.51. The minimum absolute atomic E-state index is 0.0341. The number of esters is 1. The number of rotatable bonds is 19. The van der Waals surface area contributed by atoms with Crippen LogP contribution >= 0.6 is 0 Å². The minimum atomic E-state index is -1.09. The van der Waals surface area contributed by atoms with E-state index in [1.165, 1.54) is 38.2 Å². The SMILES string of the molecule is C=CC(=O)OCCCC(CCCCCCCC)C(OC(C)C)(OC(C)C)OC(C)C. The molecule has 0 spiro atoms. The Morgan fingerprint density at radius 1 is 0.800 bits per heavy atom. The van der Waals surface area contributed by atoms with E-state index in [4.69, 9.17) is 18.9 Å². The maximum Gasteiger partial charge on any atom is 0.330 e. The summed E-state index contributed by atoms with van der Waals surface area (Å²) in [5.74, 6) is -1.43. The molecule has 0 amide bonds. The highest BCUT2D eigenvalue weighted by Crippen LogP contribution is 2.37. The van der Waals surface area contributed by atoms with Gasteiger partial charge in [-0.1, -0.05) is 52.0 Å². The zero-order valence-corrected chi connectivity index (χ0v) is 20.7. The number of ether oxygens (including phenoxy) is 4. The molecule has 0 radical (unpaired) electrons. The molecular formula is C25H48O5. The maximum absolute atomic E-state index is 11.4. The van der Waals surface area contributed by atoms with Crippen LogP contribution in [0.4, 0.5) is 0 Å². The Kier molecular flexibility index (Phi) is 16.2. The summed E-state index contributed by atoms with van der Waals surface area (Å²) >= 11 is 0. The second kappa shape index (κ2) is 16.7. The Hall–Kier alpha value is -0.910. The van der Waals surface area contributed by atoms with E-state index in [-0.39, 0.29) is 30.2 Å². The van der Waals surface area contributed by atoms with Crippen LogP contribution in [0, 0.1) is 5.92 Å². The summed E-state index contributed by atoms with van der Waals surface area (Å²) in [6.07, 6.45) is 11.0. The summed E-state index contributed by atoms with van der Waals surface area (Å²) in [5.41, 5.74) is 0. The first-order valence-corrected chi connectivity index (χ1v) is 12.0. The third-order valence-corrected chi connectivity index (χ3v) is 4.71. The van der Waals surface area contributed by atoms with E-state index in [2.05, 4.69) is 13.5 Å². The van der Waals surface area contributed by atoms with Crippen molar-refractivity contribution in [3.8, 4) is 0 Å². The highest BCUT2D eigenvalue weighted by molar-refractivity contribution is 5.81. The highest BCUT2D eigenvalue weighted by atomic mass is 16.9. The van der Waals surface area contributed by atoms with Crippen molar-refractivity contribution in [2.75, 3.05) is 6.61 Å². The predicted molar refractivity (Wildman–Crippen MR) is 123 cm³/mol. The molecule has 5 nitrogen and oxygen atoms in total. The normalized spacial score (nSPS) is 13.3. The minimum Gasteiger partial charge on any atom is -0.463 e. The number of carbonyl (C=O) groups is 1. The molecule has 30 heavy (non-hydrogen) atoms. The Morgan fingerprint density at radius 2 is 1.27 bits per heavy atom. The van der Waals surface area contributed by atoms with Gasteiger partial charge in [-0.25, -0.2) is 4.79 Å². The van der Waals surface area contributed by atoms with Crippen LogP contribution in [0.25, 0.3) is 0 Å². The third kappa shape index (κ3) is 13.4. The molecule has 0 aliphatic heterocycles. The summed E-state index contributed by atoms with van der Waals surface area (Å²) in [6.45, 7) is 18.1. The van der Waals surface area contributed by atoms with Gasteiger partial charge in [0, 0.05) is 12.0 Å². The first-order chi connectivity index (χ1) is 14.2. The first-order valence-electron chi connectivity index (χ1n) is 12.0. The van der Waals surface area contributed by atoms with Crippen molar-refractivity contribution < 1.29 is 23.7 Å². The monoisotopic (exact) mass is 428 g/mol. The summed E-state index contributed by atoms with van der Waals surface area (Å²) < 4.78 is 24.2. The van der Waals surface area contributed by atoms with Crippen molar-refractivity contribution in [3.63, 3.8) is 0 Å². The molecule has 1 unspecified atom stereocenters. The van der Waals surface area contributed by atoms with E-state index in [1.54, 1.807) is 0 Å². The Morgan fingerprint density at radius 3 is 1.73 bits per heavy atom. The number of carbonyl (C=O) groups excluding carboxylic acids is 1. The van der Waals surface area contributed by atoms with Crippen molar-refractivity contribution in [2.45, 2.75) is 131 Å². The quantitative estimate of drug-likeness (QED) is 0.0981. The zero-order valence-electron chi connectivity index (χ0n) is 20.7. The van der Waals surface area contributed by atoms with Gasteiger partial charge < -0.3 is 18.9 Å². The van der Waals surface area contributed by atoms with E-state index < -0.39 is 5.97 Å². The molecule has 0 aromatic heterocycles. The molecule has 0 fully saturated rings. The molecule has 0 aliphatic carbocycles. The standard InChI is InChI=1S/C25H48O5/c1-9-11-12-13-14-15-17-23(18-16-19-27-24(26)10-2)25(28-20(3)4,29-21(5)6)30-22(7)8/h10,20-23H,2,9,11-19H2,1,3-8H3. The van der Waals surface area contributed by atoms with Crippen LogP contribution in [0.3, 0.4) is 0 Å². The van der Waals surface area contributed by atoms with Crippen LogP contribution < -0.4 is 0 Å². The Balaban J connectivity index is 5.34. The van der Waals surface area contributed by atoms with Gasteiger partial charge in [-0.3, -0.25) is 0 Å². The number of hydrogen-bond donors (Lipinski definition) is 0. The lowest BCUT2D eigenvalue weighted by molar-refractivity contribution is -0.433. The lowest BCUT2D eigenvalue weighted by atomic mass is 9.92. The molecule has 0 heterocycles. The van der Waals surface area contributed by atoms with E-state index in [0.29, 0.717) is 6.61 Å². The van der Waals surface area contributed by atoms with Gasteiger partial charge in [0.05, 0.1) is 24.9 Å². The second-order valence-electron chi connectivity index (χ2n) is 8.87. The molecule has 1 atom stereocenters. The molecule has 178 valence electrons. The molecule has 0 aromatic rings. The smallest absolute Gasteiger partial charge is 0.330 e. The van der Waals surface area contributed by atoms with Crippen molar-refractivity contribution in [1.29, 1.82) is 0 Å². The first kappa shape index (κ1) is 29.1. The second-order valence-corrected chi connectivity index (χ2v) is 8.87. The van der Waals surface area contributed by atoms with E-state index in [0.717, 1.165) is 25.7 Å². The molecule has 0 saturated carbocycles. The van der Waals surface area contributed by atoms with Gasteiger partial charge in [-0.15, -0.1) is 0 Å². The van der Waals surface area contributed by atoms with Gasteiger partial charge in [0.15, 0.2) is 0 Å². The predicted octanol–water partition coefficient (Wildman–Crippen LogP) is 6.79. The largest absolute Gasteiger partial charge is 0.463 e. The van der Waals surface area contributed by atoms with Gasteiger partial charge in [0.25, 0.3) is 5.97 Å². The van der Waals surface area contributed by atoms with Gasteiger partial charge in [0.2, 0.25) is 0 Å². The van der Waals surface area contributed by atoms with E-state index in [1.807, 2.05) is 41.5 Å². The topological polar surface area (TPSA) is 54.0 Å². The summed E-state index contributed by atoms with van der Waals surface area (Å²) in [5, 5.41) is 0. The fraction of sp³-hybridized carbons (Fsp3) is 0.880. The van der Waals surface area contributed by atoms with Crippen molar-refractivity contribution in [2.24, 2.45) is 5.92 Å². The summed E-state index contributed by atoms with van der Waals surface area (Å²) in [6, 6.07) is 0. The van der Waals surface area contributed by atoms with Crippen LogP contribution in [0.5, 0.6) is 0 Å². The summed E-state index contributed by atoms with van der Waals surface area (Å²) in [4.78, 5) is 11.4. The summed E-state index contributed by atoms with van der Waals surface area (Å²) in [7, 11) is 0. The maximum atomic E-state index is 11.4. The van der Waals surface area contributed by atoms with Crippen molar-refractivity contribution in [3.05, 3.63) is 12.7 Å². The van der Waals surface area contributed by atoms with E-state index >= 15 is 0 Å². The number of hydrogen-bond acceptors (Lipinski definition) is 5. The molecule has 0 bridgehead atoms. The molecular weight excluding hydrogens is 380 g/mol. The van der Waals surface area contributed by atoms with Crippen LogP contribution in [-0.4, -0.2) is 36.9 Å². The van der Waals surface area contributed by atoms with Crippen LogP contribution in [-0.2, 0) is 23.7 Å². The fourth-order valence-electron chi connectivity index (χ4n) is 3.59. The van der Waals surface area contributed by atoms with Gasteiger partial charge in [-0.05, 0) is 60.8 Å². The van der Waals surface area contributed by atoms with E-state index in [9.17, 15) is 4.79 Å². The van der Waals surface area contributed by atoms with Gasteiger partial charge in [0.1, 0.15) is 0 Å².